The van der Waals surface area contributed by atoms with E-state index in [0.29, 0.717) is 5.56 Å². The van der Waals surface area contributed by atoms with Gasteiger partial charge >= 0.3 is 12.1 Å². The zero-order valence-corrected chi connectivity index (χ0v) is 10.4. The predicted octanol–water partition coefficient (Wildman–Crippen LogP) is 2.28. The molecule has 1 fully saturated rings. The van der Waals surface area contributed by atoms with Crippen LogP contribution in [0.5, 0.6) is 0 Å². The molecule has 7 heteroatoms. The van der Waals surface area contributed by atoms with Crippen molar-refractivity contribution in [3.63, 3.8) is 0 Å². The first-order valence-electron chi connectivity index (χ1n) is 5.97. The SMILES string of the molecule is O=C(O)C1CCC(=O)N1Cc1ccc(C(F)(F)F)cc1. The number of amides is 1. The molecule has 0 bridgehead atoms. The van der Waals surface area contributed by atoms with Crippen LogP contribution in [-0.2, 0) is 22.3 Å². The molecule has 1 aromatic rings. The molecule has 1 aliphatic heterocycles. The predicted molar refractivity (Wildman–Crippen MR) is 62.7 cm³/mol. The molecule has 0 radical (unpaired) electrons. The Kier molecular flexibility index (Phi) is 3.69. The molecule has 1 aliphatic rings. The van der Waals surface area contributed by atoms with Crippen molar-refractivity contribution in [2.75, 3.05) is 0 Å². The normalized spacial score (nSPS) is 19.4. The second-order valence-corrected chi connectivity index (χ2v) is 4.61. The van der Waals surface area contributed by atoms with Gasteiger partial charge < -0.3 is 10.0 Å². The van der Waals surface area contributed by atoms with Crippen LogP contribution in [0.2, 0.25) is 0 Å². The number of hydrogen-bond donors (Lipinski definition) is 1. The number of halogens is 3. The number of likely N-dealkylation sites (tertiary alicyclic amines) is 1. The highest BCUT2D eigenvalue weighted by molar-refractivity contribution is 5.87. The topological polar surface area (TPSA) is 57.6 Å². The van der Waals surface area contributed by atoms with Gasteiger partial charge in [-0.25, -0.2) is 4.79 Å². The summed E-state index contributed by atoms with van der Waals surface area (Å²) in [5, 5.41) is 8.99. The highest BCUT2D eigenvalue weighted by atomic mass is 19.4. The summed E-state index contributed by atoms with van der Waals surface area (Å²) in [6, 6.07) is 3.46. The first-order valence-corrected chi connectivity index (χ1v) is 5.97. The van der Waals surface area contributed by atoms with Gasteiger partial charge in [-0.2, -0.15) is 13.2 Å². The van der Waals surface area contributed by atoms with Crippen LogP contribution < -0.4 is 0 Å². The average molecular weight is 287 g/mol. The first kappa shape index (κ1) is 14.4. The maximum Gasteiger partial charge on any atom is 0.416 e. The summed E-state index contributed by atoms with van der Waals surface area (Å²) in [5.74, 6) is -1.39. The molecule has 1 N–H and O–H groups in total. The van der Waals surface area contributed by atoms with Gasteiger partial charge in [0.2, 0.25) is 5.91 Å². The molecular formula is C13H12F3NO3. The van der Waals surface area contributed by atoms with E-state index in [0.717, 1.165) is 12.1 Å². The molecule has 1 atom stereocenters. The lowest BCUT2D eigenvalue weighted by atomic mass is 10.1. The lowest BCUT2D eigenvalue weighted by molar-refractivity contribution is -0.146. The fraction of sp³-hybridized carbons (Fsp3) is 0.385. The summed E-state index contributed by atoms with van der Waals surface area (Å²) < 4.78 is 37.2. The molecule has 1 saturated heterocycles. The standard InChI is InChI=1S/C13H12F3NO3/c14-13(15,16)9-3-1-8(2-4-9)7-17-10(12(19)20)5-6-11(17)18/h1-4,10H,5-7H2,(H,19,20). The summed E-state index contributed by atoms with van der Waals surface area (Å²) in [6.07, 6.45) is -4.03. The van der Waals surface area contributed by atoms with Crippen LogP contribution in [0.1, 0.15) is 24.0 Å². The molecule has 2 rings (SSSR count). The van der Waals surface area contributed by atoms with E-state index in [1.54, 1.807) is 0 Å². The lowest BCUT2D eigenvalue weighted by Gasteiger charge is -2.21. The van der Waals surface area contributed by atoms with Crippen molar-refractivity contribution in [2.24, 2.45) is 0 Å². The molecule has 0 saturated carbocycles. The Hall–Kier alpha value is -2.05. The number of carboxylic acids is 1. The Bertz CT molecular complexity index is 525. The van der Waals surface area contributed by atoms with E-state index < -0.39 is 23.8 Å². The molecule has 108 valence electrons. The Morgan fingerprint density at radius 3 is 2.40 bits per heavy atom. The number of nitrogens with zero attached hydrogens (tertiary/aromatic N) is 1. The number of alkyl halides is 3. The van der Waals surface area contributed by atoms with Crippen LogP contribution in [0.25, 0.3) is 0 Å². The number of carbonyl (C=O) groups excluding carboxylic acids is 1. The average Bonchev–Trinajstić information content (AvgIpc) is 2.71. The highest BCUT2D eigenvalue weighted by Crippen LogP contribution is 2.29. The van der Waals surface area contributed by atoms with Crippen molar-refractivity contribution < 1.29 is 27.9 Å². The minimum absolute atomic E-state index is 0.00787. The Morgan fingerprint density at radius 1 is 1.30 bits per heavy atom. The summed E-state index contributed by atoms with van der Waals surface area (Å²) in [6.45, 7) is 0.00787. The third-order valence-electron chi connectivity index (χ3n) is 3.25. The van der Waals surface area contributed by atoms with Crippen LogP contribution in [0.3, 0.4) is 0 Å². The summed E-state index contributed by atoms with van der Waals surface area (Å²) in [4.78, 5) is 23.8. The molecule has 1 amide bonds. The first-order chi connectivity index (χ1) is 9.29. The minimum Gasteiger partial charge on any atom is -0.480 e. The molecular weight excluding hydrogens is 275 g/mol. The van der Waals surface area contributed by atoms with Gasteiger partial charge in [0.05, 0.1) is 5.56 Å². The fourth-order valence-corrected chi connectivity index (χ4v) is 2.18. The number of carbonyl (C=O) groups is 2. The van der Waals surface area contributed by atoms with E-state index in [1.165, 1.54) is 17.0 Å². The summed E-state index contributed by atoms with van der Waals surface area (Å²) in [5.41, 5.74) is -0.303. The summed E-state index contributed by atoms with van der Waals surface area (Å²) in [7, 11) is 0. The van der Waals surface area contributed by atoms with Crippen molar-refractivity contribution >= 4 is 11.9 Å². The molecule has 0 aromatic heterocycles. The Morgan fingerprint density at radius 2 is 1.90 bits per heavy atom. The van der Waals surface area contributed by atoms with Gasteiger partial charge in [-0.3, -0.25) is 4.79 Å². The van der Waals surface area contributed by atoms with E-state index >= 15 is 0 Å². The van der Waals surface area contributed by atoms with Crippen LogP contribution in [-0.4, -0.2) is 27.9 Å². The third-order valence-corrected chi connectivity index (χ3v) is 3.25. The van der Waals surface area contributed by atoms with E-state index in [4.69, 9.17) is 5.11 Å². The van der Waals surface area contributed by atoms with Crippen LogP contribution in [0.15, 0.2) is 24.3 Å². The summed E-state index contributed by atoms with van der Waals surface area (Å²) >= 11 is 0. The zero-order valence-electron chi connectivity index (χ0n) is 10.4. The highest BCUT2D eigenvalue weighted by Gasteiger charge is 2.36. The molecule has 1 aromatic carbocycles. The van der Waals surface area contributed by atoms with Crippen LogP contribution in [0.4, 0.5) is 13.2 Å². The fourth-order valence-electron chi connectivity index (χ4n) is 2.18. The molecule has 0 spiro atoms. The van der Waals surface area contributed by atoms with Crippen molar-refractivity contribution in [3.05, 3.63) is 35.4 Å². The maximum absolute atomic E-state index is 12.4. The maximum atomic E-state index is 12.4. The number of rotatable bonds is 3. The van der Waals surface area contributed by atoms with Gasteiger partial charge in [0.15, 0.2) is 0 Å². The molecule has 1 unspecified atom stereocenters. The van der Waals surface area contributed by atoms with Gasteiger partial charge in [0, 0.05) is 13.0 Å². The van der Waals surface area contributed by atoms with E-state index in [2.05, 4.69) is 0 Å². The van der Waals surface area contributed by atoms with Crippen molar-refractivity contribution in [3.8, 4) is 0 Å². The van der Waals surface area contributed by atoms with Crippen molar-refractivity contribution in [1.29, 1.82) is 0 Å². The van der Waals surface area contributed by atoms with E-state index in [9.17, 15) is 22.8 Å². The van der Waals surface area contributed by atoms with Gasteiger partial charge in [-0.1, -0.05) is 12.1 Å². The number of aliphatic carboxylic acids is 1. The van der Waals surface area contributed by atoms with E-state index in [-0.39, 0.29) is 25.3 Å². The van der Waals surface area contributed by atoms with Crippen LogP contribution in [0, 0.1) is 0 Å². The Balaban J connectivity index is 2.13. The second-order valence-electron chi connectivity index (χ2n) is 4.61. The lowest BCUT2D eigenvalue weighted by Crippen LogP contribution is -2.37. The van der Waals surface area contributed by atoms with Gasteiger partial charge in [-0.05, 0) is 24.1 Å². The van der Waals surface area contributed by atoms with Gasteiger partial charge in [0.25, 0.3) is 0 Å². The smallest absolute Gasteiger partial charge is 0.416 e. The van der Waals surface area contributed by atoms with Crippen molar-refractivity contribution in [1.82, 2.24) is 4.90 Å². The van der Waals surface area contributed by atoms with Gasteiger partial charge in [-0.15, -0.1) is 0 Å². The number of carboxylic acid groups (broad SMARTS) is 1. The zero-order chi connectivity index (χ0) is 14.9. The van der Waals surface area contributed by atoms with Gasteiger partial charge in [0.1, 0.15) is 6.04 Å². The minimum atomic E-state index is -4.41. The monoisotopic (exact) mass is 287 g/mol. The number of hydrogen-bond acceptors (Lipinski definition) is 2. The largest absolute Gasteiger partial charge is 0.480 e. The third kappa shape index (κ3) is 2.92. The quantitative estimate of drug-likeness (QED) is 0.928. The molecule has 4 nitrogen and oxygen atoms in total. The Labute approximate surface area is 112 Å². The number of benzene rings is 1. The van der Waals surface area contributed by atoms with Crippen LogP contribution >= 0.6 is 0 Å². The molecule has 1 heterocycles. The second kappa shape index (κ2) is 5.15. The van der Waals surface area contributed by atoms with Crippen molar-refractivity contribution in [2.45, 2.75) is 31.6 Å². The molecule has 20 heavy (non-hydrogen) atoms. The molecule has 0 aliphatic carbocycles. The van der Waals surface area contributed by atoms with E-state index in [1.807, 2.05) is 0 Å².